The minimum atomic E-state index is -1.28. The first-order valence-corrected chi connectivity index (χ1v) is 5.23. The monoisotopic (exact) mass is 209 g/mol. The van der Waals surface area contributed by atoms with Gasteiger partial charge in [-0.1, -0.05) is 0 Å². The van der Waals surface area contributed by atoms with E-state index in [0.717, 1.165) is 18.7 Å². The van der Waals surface area contributed by atoms with E-state index in [1.807, 2.05) is 18.2 Å². The first-order chi connectivity index (χ1) is 7.04. The third-order valence-corrected chi connectivity index (χ3v) is 2.37. The van der Waals surface area contributed by atoms with Gasteiger partial charge in [-0.05, 0) is 44.0 Å². The van der Waals surface area contributed by atoms with Gasteiger partial charge in [-0.2, -0.15) is 0 Å². The maximum Gasteiger partial charge on any atom is 0.139 e. The Bertz CT molecular complexity index is 357. The van der Waals surface area contributed by atoms with Gasteiger partial charge in [0.2, 0.25) is 0 Å². The van der Waals surface area contributed by atoms with Gasteiger partial charge < -0.3 is 10.1 Å². The highest BCUT2D eigenvalue weighted by molar-refractivity contribution is 5.57. The number of halogens is 1. The lowest BCUT2D eigenvalue weighted by Crippen LogP contribution is -2.22. The Kier molecular flexibility index (Phi) is 2.55. The SMILES string of the molecule is CC(C)(F)COc1ccc2c(c1)CCN2. The Hall–Kier alpha value is -1.25. The van der Waals surface area contributed by atoms with E-state index in [2.05, 4.69) is 5.32 Å². The number of alkyl halides is 1. The molecular formula is C12H16FNO. The van der Waals surface area contributed by atoms with Crippen LogP contribution in [0.15, 0.2) is 18.2 Å². The molecule has 1 N–H and O–H groups in total. The summed E-state index contributed by atoms with van der Waals surface area (Å²) in [4.78, 5) is 0. The van der Waals surface area contributed by atoms with E-state index in [-0.39, 0.29) is 6.61 Å². The van der Waals surface area contributed by atoms with Crippen molar-refractivity contribution in [2.75, 3.05) is 18.5 Å². The van der Waals surface area contributed by atoms with Crippen molar-refractivity contribution in [2.24, 2.45) is 0 Å². The zero-order valence-corrected chi connectivity index (χ0v) is 9.14. The summed E-state index contributed by atoms with van der Waals surface area (Å²) < 4.78 is 18.6. The van der Waals surface area contributed by atoms with Gasteiger partial charge in [0.1, 0.15) is 18.0 Å². The Balaban J connectivity index is 2.04. The predicted molar refractivity (Wildman–Crippen MR) is 59.3 cm³/mol. The number of nitrogens with one attached hydrogen (secondary N) is 1. The molecule has 0 spiro atoms. The van der Waals surface area contributed by atoms with Crippen LogP contribution in [-0.4, -0.2) is 18.8 Å². The molecule has 0 fully saturated rings. The van der Waals surface area contributed by atoms with Crippen LogP contribution in [-0.2, 0) is 6.42 Å². The minimum Gasteiger partial charge on any atom is -0.490 e. The van der Waals surface area contributed by atoms with E-state index in [1.54, 1.807) is 0 Å². The minimum absolute atomic E-state index is 0.0964. The fraction of sp³-hybridized carbons (Fsp3) is 0.500. The fourth-order valence-electron chi connectivity index (χ4n) is 1.63. The van der Waals surface area contributed by atoms with E-state index in [4.69, 9.17) is 4.74 Å². The summed E-state index contributed by atoms with van der Waals surface area (Å²) in [5, 5.41) is 3.27. The molecule has 2 nitrogen and oxygen atoms in total. The molecule has 0 amide bonds. The zero-order chi connectivity index (χ0) is 10.9. The molecule has 0 radical (unpaired) electrons. The van der Waals surface area contributed by atoms with E-state index in [0.29, 0.717) is 0 Å². The summed E-state index contributed by atoms with van der Waals surface area (Å²) in [5.74, 6) is 0.753. The number of anilines is 1. The van der Waals surface area contributed by atoms with E-state index in [9.17, 15) is 4.39 Å². The topological polar surface area (TPSA) is 21.3 Å². The van der Waals surface area contributed by atoms with Crippen molar-refractivity contribution < 1.29 is 9.13 Å². The molecule has 1 aromatic carbocycles. The van der Waals surface area contributed by atoms with Gasteiger partial charge >= 0.3 is 0 Å². The second kappa shape index (κ2) is 3.72. The standard InChI is InChI=1S/C12H16FNO/c1-12(2,13)8-15-10-3-4-11-9(7-10)5-6-14-11/h3-4,7,14H,5-6,8H2,1-2H3. The molecule has 0 unspecified atom stereocenters. The Morgan fingerprint density at radius 3 is 3.00 bits per heavy atom. The van der Waals surface area contributed by atoms with Crippen molar-refractivity contribution in [3.05, 3.63) is 23.8 Å². The van der Waals surface area contributed by atoms with Crippen molar-refractivity contribution in [2.45, 2.75) is 25.9 Å². The van der Waals surface area contributed by atoms with Gasteiger partial charge in [-0.25, -0.2) is 4.39 Å². The largest absolute Gasteiger partial charge is 0.490 e. The average molecular weight is 209 g/mol. The van der Waals surface area contributed by atoms with Crippen molar-refractivity contribution in [3.63, 3.8) is 0 Å². The molecule has 0 atom stereocenters. The number of ether oxygens (including phenoxy) is 1. The second-order valence-electron chi connectivity index (χ2n) is 4.50. The molecule has 0 aromatic heterocycles. The lowest BCUT2D eigenvalue weighted by atomic mass is 10.1. The third-order valence-electron chi connectivity index (χ3n) is 2.37. The van der Waals surface area contributed by atoms with Crippen LogP contribution in [0.2, 0.25) is 0 Å². The fourth-order valence-corrected chi connectivity index (χ4v) is 1.63. The number of rotatable bonds is 3. The number of hydrogen-bond acceptors (Lipinski definition) is 2. The molecule has 0 saturated heterocycles. The van der Waals surface area contributed by atoms with Crippen molar-refractivity contribution in [1.29, 1.82) is 0 Å². The van der Waals surface area contributed by atoms with Crippen molar-refractivity contribution in [1.82, 2.24) is 0 Å². The molecule has 0 bridgehead atoms. The molecule has 1 aliphatic heterocycles. The smallest absolute Gasteiger partial charge is 0.139 e. The van der Waals surface area contributed by atoms with Crippen LogP contribution in [0.25, 0.3) is 0 Å². The maximum absolute atomic E-state index is 13.2. The van der Waals surface area contributed by atoms with Gasteiger partial charge in [0.15, 0.2) is 0 Å². The highest BCUT2D eigenvalue weighted by Gasteiger charge is 2.17. The molecule has 0 aliphatic carbocycles. The van der Waals surface area contributed by atoms with Crippen LogP contribution in [0, 0.1) is 0 Å². The van der Waals surface area contributed by atoms with Crippen LogP contribution in [0.3, 0.4) is 0 Å². The normalized spacial score (nSPS) is 14.6. The van der Waals surface area contributed by atoms with E-state index < -0.39 is 5.67 Å². The van der Waals surface area contributed by atoms with Gasteiger partial charge in [0, 0.05) is 12.2 Å². The molecule has 1 heterocycles. The molecule has 2 rings (SSSR count). The van der Waals surface area contributed by atoms with Gasteiger partial charge in [0.05, 0.1) is 0 Å². The van der Waals surface area contributed by atoms with Crippen LogP contribution in [0.4, 0.5) is 10.1 Å². The van der Waals surface area contributed by atoms with Gasteiger partial charge in [-0.15, -0.1) is 0 Å². The number of benzene rings is 1. The van der Waals surface area contributed by atoms with E-state index >= 15 is 0 Å². The van der Waals surface area contributed by atoms with Crippen LogP contribution in [0.1, 0.15) is 19.4 Å². The summed E-state index contributed by atoms with van der Waals surface area (Å²) in [6.07, 6.45) is 1.02. The molecule has 82 valence electrons. The van der Waals surface area contributed by atoms with Gasteiger partial charge in [-0.3, -0.25) is 0 Å². The predicted octanol–water partition coefficient (Wildman–Crippen LogP) is 2.78. The summed E-state index contributed by atoms with van der Waals surface area (Å²) in [7, 11) is 0. The maximum atomic E-state index is 13.2. The molecular weight excluding hydrogens is 193 g/mol. The summed E-state index contributed by atoms with van der Waals surface area (Å²) in [6.45, 7) is 4.11. The van der Waals surface area contributed by atoms with Crippen molar-refractivity contribution >= 4 is 5.69 Å². The zero-order valence-electron chi connectivity index (χ0n) is 9.14. The van der Waals surface area contributed by atoms with Crippen LogP contribution < -0.4 is 10.1 Å². The summed E-state index contributed by atoms with van der Waals surface area (Å²) in [5.41, 5.74) is 1.14. The Morgan fingerprint density at radius 2 is 2.27 bits per heavy atom. The second-order valence-corrected chi connectivity index (χ2v) is 4.50. The average Bonchev–Trinajstić information content (AvgIpc) is 2.60. The van der Waals surface area contributed by atoms with Gasteiger partial charge in [0.25, 0.3) is 0 Å². The Morgan fingerprint density at radius 1 is 1.47 bits per heavy atom. The lowest BCUT2D eigenvalue weighted by molar-refractivity contribution is 0.121. The first kappa shape index (κ1) is 10.3. The highest BCUT2D eigenvalue weighted by atomic mass is 19.1. The summed E-state index contributed by atoms with van der Waals surface area (Å²) in [6, 6.07) is 5.85. The molecule has 15 heavy (non-hydrogen) atoms. The van der Waals surface area contributed by atoms with Crippen molar-refractivity contribution in [3.8, 4) is 5.75 Å². The molecule has 3 heteroatoms. The number of fused-ring (bicyclic) bond motifs is 1. The first-order valence-electron chi connectivity index (χ1n) is 5.23. The summed E-state index contributed by atoms with van der Waals surface area (Å²) >= 11 is 0. The molecule has 0 saturated carbocycles. The third kappa shape index (κ3) is 2.61. The molecule has 1 aromatic rings. The van der Waals surface area contributed by atoms with E-state index in [1.165, 1.54) is 25.1 Å². The molecule has 1 aliphatic rings. The quantitative estimate of drug-likeness (QED) is 0.826. The highest BCUT2D eigenvalue weighted by Crippen LogP contribution is 2.27. The lowest BCUT2D eigenvalue weighted by Gasteiger charge is -2.15. The van der Waals surface area contributed by atoms with Crippen LogP contribution >= 0.6 is 0 Å². The van der Waals surface area contributed by atoms with Crippen LogP contribution in [0.5, 0.6) is 5.75 Å². The number of hydrogen-bond donors (Lipinski definition) is 1. The Labute approximate surface area is 89.4 Å².